The molecule has 1 atom stereocenters. The SMILES string of the molecule is CC(C)(C)C1CCc2nc(SCCC(=O)Nc3ccc(F)cc3)c(C#N)cc2C1. The molecule has 4 nitrogen and oxygen atoms in total. The molecule has 1 aliphatic rings. The molecule has 1 aliphatic carbocycles. The van der Waals surface area contributed by atoms with Crippen LogP contribution in [0.2, 0.25) is 0 Å². The van der Waals surface area contributed by atoms with Gasteiger partial charge < -0.3 is 5.32 Å². The number of rotatable bonds is 5. The van der Waals surface area contributed by atoms with Gasteiger partial charge in [0.05, 0.1) is 5.56 Å². The molecule has 0 fully saturated rings. The predicted molar refractivity (Wildman–Crippen MR) is 114 cm³/mol. The zero-order valence-electron chi connectivity index (χ0n) is 17.1. The number of amides is 1. The van der Waals surface area contributed by atoms with Gasteiger partial charge in [-0.15, -0.1) is 11.8 Å². The number of halogens is 1. The molecule has 0 saturated carbocycles. The second-order valence-electron chi connectivity index (χ2n) is 8.52. The van der Waals surface area contributed by atoms with Crippen molar-refractivity contribution in [2.75, 3.05) is 11.1 Å². The number of hydrogen-bond acceptors (Lipinski definition) is 4. The monoisotopic (exact) mass is 411 g/mol. The Hall–Kier alpha value is -2.39. The van der Waals surface area contributed by atoms with Gasteiger partial charge >= 0.3 is 0 Å². The largest absolute Gasteiger partial charge is 0.326 e. The van der Waals surface area contributed by atoms with Crippen molar-refractivity contribution in [2.45, 2.75) is 51.5 Å². The Kier molecular flexibility index (Phi) is 6.59. The van der Waals surface area contributed by atoms with E-state index in [1.165, 1.54) is 41.6 Å². The topological polar surface area (TPSA) is 65.8 Å². The number of nitrogens with one attached hydrogen (secondary N) is 1. The van der Waals surface area contributed by atoms with Crippen LogP contribution in [-0.4, -0.2) is 16.6 Å². The predicted octanol–water partition coefficient (Wildman–Crippen LogP) is 5.36. The van der Waals surface area contributed by atoms with E-state index in [4.69, 9.17) is 4.98 Å². The van der Waals surface area contributed by atoms with E-state index >= 15 is 0 Å². The molecule has 0 radical (unpaired) electrons. The summed E-state index contributed by atoms with van der Waals surface area (Å²) in [7, 11) is 0. The van der Waals surface area contributed by atoms with Gasteiger partial charge in [-0.2, -0.15) is 5.26 Å². The van der Waals surface area contributed by atoms with E-state index in [1.54, 1.807) is 0 Å². The first-order valence-corrected chi connectivity index (χ1v) is 10.9. The van der Waals surface area contributed by atoms with Crippen molar-refractivity contribution < 1.29 is 9.18 Å². The number of fused-ring (bicyclic) bond motifs is 1. The second kappa shape index (κ2) is 8.96. The first-order valence-electron chi connectivity index (χ1n) is 9.87. The summed E-state index contributed by atoms with van der Waals surface area (Å²) in [5.41, 5.74) is 3.67. The number of thioether (sulfide) groups is 1. The molecule has 1 aromatic heterocycles. The number of anilines is 1. The molecule has 0 spiro atoms. The van der Waals surface area contributed by atoms with Crippen molar-refractivity contribution in [1.29, 1.82) is 5.26 Å². The van der Waals surface area contributed by atoms with E-state index in [9.17, 15) is 14.4 Å². The molecule has 0 saturated heterocycles. The van der Waals surface area contributed by atoms with Gasteiger partial charge in [0.15, 0.2) is 0 Å². The molecule has 1 heterocycles. The lowest BCUT2D eigenvalue weighted by molar-refractivity contribution is -0.115. The summed E-state index contributed by atoms with van der Waals surface area (Å²) in [6.45, 7) is 6.80. The molecule has 3 rings (SSSR count). The van der Waals surface area contributed by atoms with Crippen LogP contribution in [0, 0.1) is 28.5 Å². The van der Waals surface area contributed by atoms with Crippen molar-refractivity contribution in [3.63, 3.8) is 0 Å². The highest BCUT2D eigenvalue weighted by Gasteiger charge is 2.30. The standard InChI is InChI=1S/C23H26FN3OS/c1-23(2,3)17-4-9-20-15(13-17)12-16(14-25)22(27-20)29-11-10-21(28)26-19-7-5-18(24)6-8-19/h5-8,12,17H,4,9-11,13H2,1-3H3,(H,26,28). The summed E-state index contributed by atoms with van der Waals surface area (Å²) in [6.07, 6.45) is 3.30. The number of hydrogen-bond donors (Lipinski definition) is 1. The molecule has 1 aromatic carbocycles. The average molecular weight is 412 g/mol. The minimum absolute atomic E-state index is 0.145. The van der Waals surface area contributed by atoms with Crippen LogP contribution < -0.4 is 5.32 Å². The molecule has 2 aromatic rings. The number of aryl methyl sites for hydroxylation is 1. The molecular formula is C23H26FN3OS. The summed E-state index contributed by atoms with van der Waals surface area (Å²) in [6, 6.07) is 9.93. The number of benzene rings is 1. The number of nitriles is 1. The van der Waals surface area contributed by atoms with Gasteiger partial charge in [-0.25, -0.2) is 9.37 Å². The number of carbonyl (C=O) groups is 1. The summed E-state index contributed by atoms with van der Waals surface area (Å²) in [4.78, 5) is 16.9. The summed E-state index contributed by atoms with van der Waals surface area (Å²) in [5.74, 6) is 0.637. The van der Waals surface area contributed by atoms with E-state index in [1.807, 2.05) is 6.07 Å². The lowest BCUT2D eigenvalue weighted by Crippen LogP contribution is -2.27. The Morgan fingerprint density at radius 1 is 1.34 bits per heavy atom. The van der Waals surface area contributed by atoms with Gasteiger partial charge in [-0.1, -0.05) is 20.8 Å². The number of nitrogens with zero attached hydrogens (tertiary/aromatic N) is 2. The third-order valence-electron chi connectivity index (χ3n) is 5.39. The van der Waals surface area contributed by atoms with E-state index < -0.39 is 0 Å². The summed E-state index contributed by atoms with van der Waals surface area (Å²) >= 11 is 1.44. The smallest absolute Gasteiger partial charge is 0.225 e. The summed E-state index contributed by atoms with van der Waals surface area (Å²) < 4.78 is 12.9. The van der Waals surface area contributed by atoms with Crippen LogP contribution in [-0.2, 0) is 17.6 Å². The van der Waals surface area contributed by atoms with Gasteiger partial charge in [0.1, 0.15) is 16.9 Å². The van der Waals surface area contributed by atoms with Crippen LogP contribution in [0.15, 0.2) is 35.4 Å². The van der Waals surface area contributed by atoms with E-state index in [-0.39, 0.29) is 23.6 Å². The molecule has 1 amide bonds. The fraction of sp³-hybridized carbons (Fsp3) is 0.435. The minimum Gasteiger partial charge on any atom is -0.326 e. The van der Waals surface area contributed by atoms with Crippen molar-refractivity contribution in [3.05, 3.63) is 53.0 Å². The van der Waals surface area contributed by atoms with Crippen LogP contribution in [0.3, 0.4) is 0 Å². The zero-order chi connectivity index (χ0) is 21.0. The molecule has 152 valence electrons. The fourth-order valence-corrected chi connectivity index (χ4v) is 4.49. The number of pyridine rings is 1. The first kappa shape index (κ1) is 21.3. The number of carbonyl (C=O) groups excluding carboxylic acids is 1. The van der Waals surface area contributed by atoms with Crippen LogP contribution in [0.4, 0.5) is 10.1 Å². The lowest BCUT2D eigenvalue weighted by Gasteiger charge is -2.34. The van der Waals surface area contributed by atoms with Gasteiger partial charge in [0.25, 0.3) is 0 Å². The lowest BCUT2D eigenvalue weighted by atomic mass is 9.71. The third-order valence-corrected chi connectivity index (χ3v) is 6.39. The molecule has 6 heteroatoms. The first-order chi connectivity index (χ1) is 13.8. The van der Waals surface area contributed by atoms with Gasteiger partial charge in [0, 0.05) is 23.6 Å². The quantitative estimate of drug-likeness (QED) is 0.672. The van der Waals surface area contributed by atoms with Crippen LogP contribution in [0.1, 0.15) is 50.4 Å². The highest BCUT2D eigenvalue weighted by molar-refractivity contribution is 7.99. The van der Waals surface area contributed by atoms with E-state index in [0.29, 0.717) is 27.9 Å². The Morgan fingerprint density at radius 2 is 2.07 bits per heavy atom. The van der Waals surface area contributed by atoms with Crippen molar-refractivity contribution in [1.82, 2.24) is 4.98 Å². The van der Waals surface area contributed by atoms with E-state index in [0.717, 1.165) is 25.0 Å². The van der Waals surface area contributed by atoms with Crippen LogP contribution >= 0.6 is 11.8 Å². The highest BCUT2D eigenvalue weighted by atomic mass is 32.2. The molecule has 29 heavy (non-hydrogen) atoms. The maximum Gasteiger partial charge on any atom is 0.225 e. The molecule has 1 unspecified atom stereocenters. The van der Waals surface area contributed by atoms with Gasteiger partial charge in [-0.05, 0) is 66.5 Å². The van der Waals surface area contributed by atoms with Crippen LogP contribution in [0.5, 0.6) is 0 Å². The Bertz CT molecular complexity index is 929. The van der Waals surface area contributed by atoms with Crippen molar-refractivity contribution in [3.8, 4) is 6.07 Å². The Balaban J connectivity index is 1.60. The number of aromatic nitrogens is 1. The van der Waals surface area contributed by atoms with Crippen molar-refractivity contribution >= 4 is 23.4 Å². The molecule has 0 aliphatic heterocycles. The minimum atomic E-state index is -0.338. The van der Waals surface area contributed by atoms with Crippen molar-refractivity contribution in [2.24, 2.45) is 11.3 Å². The molecule has 1 N–H and O–H groups in total. The second-order valence-corrected chi connectivity index (χ2v) is 9.60. The average Bonchev–Trinajstić information content (AvgIpc) is 2.68. The fourth-order valence-electron chi connectivity index (χ4n) is 3.57. The van der Waals surface area contributed by atoms with Gasteiger partial charge in [-0.3, -0.25) is 4.79 Å². The maximum atomic E-state index is 12.9. The highest BCUT2D eigenvalue weighted by Crippen LogP contribution is 2.38. The maximum absolute atomic E-state index is 12.9. The summed E-state index contributed by atoms with van der Waals surface area (Å²) in [5, 5.41) is 13.0. The van der Waals surface area contributed by atoms with E-state index in [2.05, 4.69) is 32.2 Å². The Morgan fingerprint density at radius 3 is 2.72 bits per heavy atom. The molecule has 0 bridgehead atoms. The van der Waals surface area contributed by atoms with Gasteiger partial charge in [0.2, 0.25) is 5.91 Å². The Labute approximate surface area is 175 Å². The van der Waals surface area contributed by atoms with Crippen LogP contribution in [0.25, 0.3) is 0 Å². The molecular weight excluding hydrogens is 385 g/mol. The third kappa shape index (κ3) is 5.57. The normalized spacial score (nSPS) is 16.0. The zero-order valence-corrected chi connectivity index (χ0v) is 17.9.